The van der Waals surface area contributed by atoms with Gasteiger partial charge in [0.1, 0.15) is 11.5 Å². The molecule has 1 fully saturated rings. The highest BCUT2D eigenvalue weighted by Crippen LogP contribution is 2.35. The molecule has 0 N–H and O–H groups in total. The van der Waals surface area contributed by atoms with Gasteiger partial charge in [-0.15, -0.1) is 0 Å². The van der Waals surface area contributed by atoms with Crippen LogP contribution in [-0.2, 0) is 11.3 Å². The Morgan fingerprint density at radius 1 is 0.900 bits per heavy atom. The minimum atomic E-state index is -0.356. The van der Waals surface area contributed by atoms with Crippen LogP contribution in [0.2, 0.25) is 10.0 Å². The highest BCUT2D eigenvalue weighted by atomic mass is 35.5. The quantitative estimate of drug-likeness (QED) is 0.387. The maximum Gasteiger partial charge on any atom is 0.293 e. The Balaban J connectivity index is 1.52. The number of imide groups is 1. The fraction of sp³-hybridized carbons (Fsp3) is 0.0435. The van der Waals surface area contributed by atoms with Crippen LogP contribution in [0, 0.1) is 0 Å². The summed E-state index contributed by atoms with van der Waals surface area (Å²) >= 11 is 13.0. The lowest BCUT2D eigenvalue weighted by Crippen LogP contribution is -2.27. The molecule has 1 aliphatic rings. The lowest BCUT2D eigenvalue weighted by atomic mass is 10.2. The Labute approximate surface area is 188 Å². The van der Waals surface area contributed by atoms with Crippen LogP contribution in [0.5, 0.6) is 11.5 Å². The van der Waals surface area contributed by atoms with E-state index in [1.165, 1.54) is 4.90 Å². The number of hydrogen-bond acceptors (Lipinski definition) is 4. The minimum absolute atomic E-state index is 0.0924. The van der Waals surface area contributed by atoms with Gasteiger partial charge in [-0.3, -0.25) is 14.5 Å². The van der Waals surface area contributed by atoms with Gasteiger partial charge in [-0.2, -0.15) is 0 Å². The third-order valence-corrected chi connectivity index (χ3v) is 5.85. The predicted molar refractivity (Wildman–Crippen MR) is 121 cm³/mol. The number of halogens is 2. The Hall–Kier alpha value is -2.73. The maximum absolute atomic E-state index is 12.8. The van der Waals surface area contributed by atoms with E-state index in [-0.39, 0.29) is 17.7 Å². The van der Waals surface area contributed by atoms with Crippen LogP contribution in [0.3, 0.4) is 0 Å². The van der Waals surface area contributed by atoms with Crippen molar-refractivity contribution in [1.82, 2.24) is 4.90 Å². The van der Waals surface area contributed by atoms with Crippen molar-refractivity contribution in [1.29, 1.82) is 0 Å². The highest BCUT2D eigenvalue weighted by molar-refractivity contribution is 8.18. The molecule has 3 aromatic carbocycles. The fourth-order valence-corrected chi connectivity index (χ4v) is 4.21. The first-order chi connectivity index (χ1) is 14.5. The summed E-state index contributed by atoms with van der Waals surface area (Å²) in [5, 5.41) is 0.570. The second-order valence-corrected chi connectivity index (χ2v) is 8.33. The summed E-state index contributed by atoms with van der Waals surface area (Å²) < 4.78 is 5.83. The van der Waals surface area contributed by atoms with Crippen LogP contribution in [0.1, 0.15) is 11.1 Å². The zero-order valence-corrected chi connectivity index (χ0v) is 17.9. The van der Waals surface area contributed by atoms with Gasteiger partial charge >= 0.3 is 0 Å². The molecule has 7 heteroatoms. The molecule has 1 heterocycles. The Kier molecular flexibility index (Phi) is 6.13. The predicted octanol–water partition coefficient (Wildman–Crippen LogP) is 7.02. The number of ether oxygens (including phenoxy) is 1. The number of carbonyl (C=O) groups is 2. The van der Waals surface area contributed by atoms with Gasteiger partial charge in [0.15, 0.2) is 0 Å². The Morgan fingerprint density at radius 2 is 1.67 bits per heavy atom. The summed E-state index contributed by atoms with van der Waals surface area (Å²) in [6.07, 6.45) is 1.69. The zero-order valence-electron chi connectivity index (χ0n) is 15.5. The molecule has 0 bridgehead atoms. The van der Waals surface area contributed by atoms with E-state index in [9.17, 15) is 9.59 Å². The van der Waals surface area contributed by atoms with Crippen molar-refractivity contribution in [2.45, 2.75) is 6.54 Å². The molecule has 0 aromatic heterocycles. The summed E-state index contributed by atoms with van der Waals surface area (Å²) in [4.78, 5) is 26.7. The van der Waals surface area contributed by atoms with Crippen LogP contribution < -0.4 is 4.74 Å². The summed E-state index contributed by atoms with van der Waals surface area (Å²) in [5.74, 6) is 1.00. The van der Waals surface area contributed by atoms with E-state index < -0.39 is 0 Å². The molecule has 1 aliphatic heterocycles. The second kappa shape index (κ2) is 8.96. The summed E-state index contributed by atoms with van der Waals surface area (Å²) in [5.41, 5.74) is 1.42. The van der Waals surface area contributed by atoms with Crippen molar-refractivity contribution in [2.24, 2.45) is 0 Å². The van der Waals surface area contributed by atoms with Crippen LogP contribution in [-0.4, -0.2) is 16.0 Å². The smallest absolute Gasteiger partial charge is 0.293 e. The van der Waals surface area contributed by atoms with E-state index in [4.69, 9.17) is 27.9 Å². The van der Waals surface area contributed by atoms with Gasteiger partial charge in [0.2, 0.25) is 0 Å². The number of carbonyl (C=O) groups excluding carboxylic acids is 2. The van der Waals surface area contributed by atoms with Crippen LogP contribution in [0.25, 0.3) is 6.08 Å². The monoisotopic (exact) mass is 455 g/mol. The second-order valence-electron chi connectivity index (χ2n) is 6.49. The molecule has 3 aromatic rings. The van der Waals surface area contributed by atoms with E-state index in [2.05, 4.69) is 0 Å². The van der Waals surface area contributed by atoms with Gasteiger partial charge in [-0.1, -0.05) is 59.6 Å². The molecule has 0 saturated carbocycles. The van der Waals surface area contributed by atoms with E-state index >= 15 is 0 Å². The molecule has 150 valence electrons. The van der Waals surface area contributed by atoms with Crippen molar-refractivity contribution in [3.05, 3.63) is 98.9 Å². The van der Waals surface area contributed by atoms with Gasteiger partial charge in [0.05, 0.1) is 11.4 Å². The molecular weight excluding hydrogens is 441 g/mol. The number of thioether (sulfide) groups is 1. The number of hydrogen-bond donors (Lipinski definition) is 0. The molecule has 0 radical (unpaired) electrons. The zero-order chi connectivity index (χ0) is 21.1. The van der Waals surface area contributed by atoms with E-state index in [1.807, 2.05) is 54.6 Å². The third-order valence-electron chi connectivity index (χ3n) is 4.35. The molecule has 0 aliphatic carbocycles. The van der Waals surface area contributed by atoms with Gasteiger partial charge in [0, 0.05) is 10.0 Å². The molecule has 0 atom stereocenters. The molecule has 1 saturated heterocycles. The van der Waals surface area contributed by atoms with Crippen molar-refractivity contribution >= 4 is 52.2 Å². The Bertz CT molecular complexity index is 1150. The number of rotatable bonds is 5. The van der Waals surface area contributed by atoms with Crippen LogP contribution >= 0.6 is 35.0 Å². The molecule has 4 rings (SSSR count). The first-order valence-corrected chi connectivity index (χ1v) is 10.6. The lowest BCUT2D eigenvalue weighted by molar-refractivity contribution is -0.123. The van der Waals surface area contributed by atoms with Crippen molar-refractivity contribution in [3.8, 4) is 11.5 Å². The van der Waals surface area contributed by atoms with Gasteiger partial charge in [-0.05, 0) is 65.4 Å². The largest absolute Gasteiger partial charge is 0.457 e. The van der Waals surface area contributed by atoms with Crippen LogP contribution in [0.15, 0.2) is 77.7 Å². The molecule has 0 spiro atoms. The summed E-state index contributed by atoms with van der Waals surface area (Å²) in [6.45, 7) is 0.0924. The molecule has 4 nitrogen and oxygen atoms in total. The lowest BCUT2D eigenvalue weighted by Gasteiger charge is -2.13. The third kappa shape index (κ3) is 4.70. The topological polar surface area (TPSA) is 46.6 Å². The summed E-state index contributed by atoms with van der Waals surface area (Å²) in [7, 11) is 0. The summed E-state index contributed by atoms with van der Waals surface area (Å²) in [6, 6.07) is 21.7. The molecule has 0 unspecified atom stereocenters. The minimum Gasteiger partial charge on any atom is -0.457 e. The number of nitrogens with zero attached hydrogens (tertiary/aromatic N) is 1. The first kappa shape index (κ1) is 20.5. The number of benzene rings is 3. The Morgan fingerprint density at radius 3 is 2.43 bits per heavy atom. The average Bonchev–Trinajstić information content (AvgIpc) is 2.98. The van der Waals surface area contributed by atoms with Gasteiger partial charge < -0.3 is 4.74 Å². The van der Waals surface area contributed by atoms with Crippen molar-refractivity contribution in [3.63, 3.8) is 0 Å². The van der Waals surface area contributed by atoms with Gasteiger partial charge in [-0.25, -0.2) is 0 Å². The van der Waals surface area contributed by atoms with Crippen LogP contribution in [0.4, 0.5) is 4.79 Å². The van der Waals surface area contributed by atoms with E-state index in [1.54, 1.807) is 24.3 Å². The van der Waals surface area contributed by atoms with Crippen molar-refractivity contribution < 1.29 is 14.3 Å². The molecule has 30 heavy (non-hydrogen) atoms. The fourth-order valence-electron chi connectivity index (χ4n) is 2.90. The van der Waals surface area contributed by atoms with Gasteiger partial charge in [0.25, 0.3) is 11.1 Å². The SMILES string of the molecule is O=C1S/C(=C\c2cccc(Oc3ccccc3)c2)C(=O)N1Cc1ccc(Cl)cc1Cl. The highest BCUT2D eigenvalue weighted by Gasteiger charge is 2.35. The maximum atomic E-state index is 12.8. The first-order valence-electron chi connectivity index (χ1n) is 9.02. The number of amides is 2. The average molecular weight is 456 g/mol. The molecular formula is C23H15Cl2NO3S. The standard InChI is InChI=1S/C23H15Cl2NO3S/c24-17-10-9-16(20(25)13-17)14-26-22(27)21(30-23(26)28)12-15-5-4-8-19(11-15)29-18-6-2-1-3-7-18/h1-13H,14H2/b21-12-. The molecule has 2 amide bonds. The normalized spacial score (nSPS) is 15.1. The van der Waals surface area contributed by atoms with E-state index in [0.29, 0.717) is 26.3 Å². The van der Waals surface area contributed by atoms with E-state index in [0.717, 1.165) is 23.1 Å². The number of para-hydroxylation sites is 1. The van der Waals surface area contributed by atoms with Crippen molar-refractivity contribution in [2.75, 3.05) is 0 Å².